The van der Waals surface area contributed by atoms with Gasteiger partial charge >= 0.3 is 0 Å². The summed E-state index contributed by atoms with van der Waals surface area (Å²) < 4.78 is 15.1. The minimum absolute atomic E-state index is 0.233. The number of nitrogens with one attached hydrogen (secondary N) is 2. The highest BCUT2D eigenvalue weighted by molar-refractivity contribution is 7.80. The summed E-state index contributed by atoms with van der Waals surface area (Å²) in [4.78, 5) is 8.30. The number of ether oxygens (including phenoxy) is 2. The van der Waals surface area contributed by atoms with Gasteiger partial charge in [-0.3, -0.25) is 9.13 Å². The highest BCUT2D eigenvalue weighted by atomic mass is 35.5. The zero-order valence-corrected chi connectivity index (χ0v) is 18.9. The Balaban J connectivity index is 1.33. The first-order valence-electron chi connectivity index (χ1n) is 9.42. The fraction of sp³-hybridized carbons (Fsp3) is 0.0952. The van der Waals surface area contributed by atoms with E-state index in [4.69, 9.17) is 44.9 Å². The van der Waals surface area contributed by atoms with E-state index in [0.717, 1.165) is 0 Å². The number of aromatic nitrogens is 4. The van der Waals surface area contributed by atoms with Crippen LogP contribution in [0.15, 0.2) is 73.6 Å². The van der Waals surface area contributed by atoms with Gasteiger partial charge in [0, 0.05) is 10.0 Å². The van der Waals surface area contributed by atoms with Crippen LogP contribution in [-0.2, 0) is 13.5 Å². The van der Waals surface area contributed by atoms with Gasteiger partial charge in [0.2, 0.25) is 0 Å². The smallest absolute Gasteiger partial charge is 0.177 e. The summed E-state index contributed by atoms with van der Waals surface area (Å²) in [6, 6.07) is 14.4. The minimum Gasteiger partial charge on any atom is -0.473 e. The van der Waals surface area contributed by atoms with E-state index in [1.165, 1.54) is 0 Å². The third-order valence-electron chi connectivity index (χ3n) is 4.24. The molecule has 0 saturated heterocycles. The number of imidazole rings is 2. The van der Waals surface area contributed by atoms with E-state index in [2.05, 4.69) is 20.6 Å². The van der Waals surface area contributed by atoms with Crippen molar-refractivity contribution in [2.24, 2.45) is 0 Å². The molecule has 2 heterocycles. The van der Waals surface area contributed by atoms with Crippen molar-refractivity contribution in [2.45, 2.75) is 13.5 Å². The standard InChI is InChI=1S/C21H18Cl2N6O2S/c22-15-3-1-5-17(7-15)30-13-28-11-24-9-19(28)26-21(32)27-20-10-25-12-29(20)14-31-18-6-2-4-16(23)8-18/h1-12H,13-14H2,(H2,26,27,32). The molecule has 0 saturated carbocycles. The topological polar surface area (TPSA) is 78.2 Å². The molecule has 4 aromatic rings. The van der Waals surface area contributed by atoms with Crippen molar-refractivity contribution in [3.8, 4) is 11.5 Å². The molecule has 2 aromatic heterocycles. The van der Waals surface area contributed by atoms with Crippen LogP contribution in [-0.4, -0.2) is 24.2 Å². The second-order valence-electron chi connectivity index (χ2n) is 6.54. The van der Waals surface area contributed by atoms with Gasteiger partial charge in [0.15, 0.2) is 18.6 Å². The summed E-state index contributed by atoms with van der Waals surface area (Å²) in [6.07, 6.45) is 6.57. The summed E-state index contributed by atoms with van der Waals surface area (Å²) >= 11 is 17.4. The summed E-state index contributed by atoms with van der Waals surface area (Å²) in [5.74, 6) is 2.62. The summed E-state index contributed by atoms with van der Waals surface area (Å²) in [6.45, 7) is 0.466. The molecule has 0 unspecified atom stereocenters. The largest absolute Gasteiger partial charge is 0.473 e. The van der Waals surface area contributed by atoms with Gasteiger partial charge in [-0.05, 0) is 48.6 Å². The van der Waals surface area contributed by atoms with E-state index < -0.39 is 0 Å². The van der Waals surface area contributed by atoms with Crippen LogP contribution in [0, 0.1) is 0 Å². The first kappa shape index (κ1) is 21.9. The lowest BCUT2D eigenvalue weighted by molar-refractivity contribution is 0.238. The Morgan fingerprint density at radius 1 is 0.812 bits per heavy atom. The number of thiocarbonyl (C=S) groups is 1. The number of anilines is 2. The van der Waals surface area contributed by atoms with Crippen LogP contribution in [0.1, 0.15) is 0 Å². The first-order chi connectivity index (χ1) is 15.6. The second kappa shape index (κ2) is 10.4. The maximum Gasteiger partial charge on any atom is 0.177 e. The molecule has 0 aliphatic rings. The van der Waals surface area contributed by atoms with Crippen molar-refractivity contribution >= 4 is 52.2 Å². The third kappa shape index (κ3) is 5.91. The Labute approximate surface area is 199 Å². The highest BCUT2D eigenvalue weighted by Gasteiger charge is 2.09. The van der Waals surface area contributed by atoms with Crippen LogP contribution in [0.4, 0.5) is 11.6 Å². The van der Waals surface area contributed by atoms with E-state index in [1.807, 2.05) is 24.3 Å². The molecule has 0 fully saturated rings. The van der Waals surface area contributed by atoms with E-state index in [-0.39, 0.29) is 13.5 Å². The summed E-state index contributed by atoms with van der Waals surface area (Å²) in [5, 5.41) is 7.77. The van der Waals surface area contributed by atoms with Gasteiger partial charge in [-0.2, -0.15) is 0 Å². The first-order valence-corrected chi connectivity index (χ1v) is 10.6. The maximum atomic E-state index is 5.99. The SMILES string of the molecule is S=C(Nc1cncn1COc1cccc(Cl)c1)Nc1cncn1COc1cccc(Cl)c1. The molecule has 4 rings (SSSR count). The van der Waals surface area contributed by atoms with Crippen LogP contribution in [0.25, 0.3) is 0 Å². The van der Waals surface area contributed by atoms with E-state index in [0.29, 0.717) is 38.3 Å². The molecule has 2 aromatic carbocycles. The van der Waals surface area contributed by atoms with Gasteiger partial charge in [-0.15, -0.1) is 0 Å². The van der Waals surface area contributed by atoms with Crippen molar-refractivity contribution in [3.63, 3.8) is 0 Å². The van der Waals surface area contributed by atoms with Gasteiger partial charge in [-0.25, -0.2) is 9.97 Å². The van der Waals surface area contributed by atoms with Crippen LogP contribution in [0.3, 0.4) is 0 Å². The molecule has 0 amide bonds. The van der Waals surface area contributed by atoms with E-state index in [1.54, 1.807) is 58.4 Å². The molecule has 0 atom stereocenters. The van der Waals surface area contributed by atoms with Gasteiger partial charge in [-0.1, -0.05) is 35.3 Å². The molecule has 0 spiro atoms. The molecule has 0 aliphatic heterocycles. The second-order valence-corrected chi connectivity index (χ2v) is 7.82. The number of benzene rings is 2. The average Bonchev–Trinajstić information content (AvgIpc) is 3.40. The fourth-order valence-corrected chi connectivity index (χ4v) is 3.29. The predicted molar refractivity (Wildman–Crippen MR) is 128 cm³/mol. The lowest BCUT2D eigenvalue weighted by Crippen LogP contribution is -2.23. The predicted octanol–water partition coefficient (Wildman–Crippen LogP) is 5.27. The quantitative estimate of drug-likeness (QED) is 0.327. The van der Waals surface area contributed by atoms with Crippen LogP contribution < -0.4 is 20.1 Å². The maximum absolute atomic E-state index is 5.99. The van der Waals surface area contributed by atoms with Crippen LogP contribution >= 0.6 is 35.4 Å². The van der Waals surface area contributed by atoms with Crippen molar-refractivity contribution in [1.82, 2.24) is 19.1 Å². The minimum atomic E-state index is 0.233. The summed E-state index contributed by atoms with van der Waals surface area (Å²) in [7, 11) is 0. The van der Waals surface area contributed by atoms with Crippen LogP contribution in [0.2, 0.25) is 10.0 Å². The molecule has 0 bridgehead atoms. The zero-order chi connectivity index (χ0) is 22.3. The zero-order valence-electron chi connectivity index (χ0n) is 16.6. The molecular formula is C21H18Cl2N6O2S. The fourth-order valence-electron chi connectivity index (χ4n) is 2.72. The molecular weight excluding hydrogens is 471 g/mol. The normalized spacial score (nSPS) is 10.6. The lowest BCUT2D eigenvalue weighted by atomic mass is 10.3. The number of halogens is 2. The lowest BCUT2D eigenvalue weighted by Gasteiger charge is -2.15. The number of hydrogen-bond donors (Lipinski definition) is 2. The number of rotatable bonds is 8. The molecule has 11 heteroatoms. The molecule has 2 N–H and O–H groups in total. The Kier molecular flexibility index (Phi) is 7.10. The van der Waals surface area contributed by atoms with E-state index >= 15 is 0 Å². The monoisotopic (exact) mass is 488 g/mol. The van der Waals surface area contributed by atoms with Gasteiger partial charge in [0.1, 0.15) is 23.1 Å². The van der Waals surface area contributed by atoms with Crippen molar-refractivity contribution < 1.29 is 9.47 Å². The van der Waals surface area contributed by atoms with Crippen molar-refractivity contribution in [1.29, 1.82) is 0 Å². The van der Waals surface area contributed by atoms with Gasteiger partial charge < -0.3 is 20.1 Å². The molecule has 164 valence electrons. The highest BCUT2D eigenvalue weighted by Crippen LogP contribution is 2.19. The molecule has 0 aliphatic carbocycles. The molecule has 8 nitrogen and oxygen atoms in total. The van der Waals surface area contributed by atoms with Gasteiger partial charge in [0.05, 0.1) is 25.0 Å². The third-order valence-corrected chi connectivity index (χ3v) is 4.91. The summed E-state index contributed by atoms with van der Waals surface area (Å²) in [5.41, 5.74) is 0. The Morgan fingerprint density at radius 2 is 1.28 bits per heavy atom. The average molecular weight is 489 g/mol. The van der Waals surface area contributed by atoms with Crippen molar-refractivity contribution in [3.05, 3.63) is 83.6 Å². The Morgan fingerprint density at radius 3 is 1.72 bits per heavy atom. The molecule has 32 heavy (non-hydrogen) atoms. The molecule has 0 radical (unpaired) electrons. The van der Waals surface area contributed by atoms with Crippen molar-refractivity contribution in [2.75, 3.05) is 10.6 Å². The van der Waals surface area contributed by atoms with E-state index in [9.17, 15) is 0 Å². The number of hydrogen-bond acceptors (Lipinski definition) is 5. The number of nitrogens with zero attached hydrogens (tertiary/aromatic N) is 4. The Hall–Kier alpha value is -3.27. The Bertz CT molecular complexity index is 1120. The van der Waals surface area contributed by atoms with Crippen LogP contribution in [0.5, 0.6) is 11.5 Å². The van der Waals surface area contributed by atoms with Gasteiger partial charge in [0.25, 0.3) is 0 Å².